The molecule has 4 heteroatoms. The maximum absolute atomic E-state index is 12.0. The number of carbonyl (C=O) groups is 1. The zero-order valence-electron chi connectivity index (χ0n) is 12.7. The van der Waals surface area contributed by atoms with Gasteiger partial charge in [-0.2, -0.15) is 0 Å². The van der Waals surface area contributed by atoms with Gasteiger partial charge in [-0.05, 0) is 19.4 Å². The molecule has 2 unspecified atom stereocenters. The van der Waals surface area contributed by atoms with Crippen molar-refractivity contribution in [2.45, 2.75) is 52.0 Å². The van der Waals surface area contributed by atoms with Crippen LogP contribution < -0.4 is 10.6 Å². The first-order valence-corrected chi connectivity index (χ1v) is 7.68. The fourth-order valence-corrected chi connectivity index (χ4v) is 2.47. The number of carbonyl (C=O) groups excluding carboxylic acids is 1. The lowest BCUT2D eigenvalue weighted by Crippen LogP contribution is -2.42. The van der Waals surface area contributed by atoms with Crippen LogP contribution in [-0.2, 0) is 9.53 Å². The van der Waals surface area contributed by atoms with Crippen molar-refractivity contribution in [3.05, 3.63) is 0 Å². The van der Waals surface area contributed by atoms with Crippen molar-refractivity contribution >= 4 is 5.91 Å². The lowest BCUT2D eigenvalue weighted by molar-refractivity contribution is -0.125. The normalized spacial score (nSPS) is 22.9. The number of hydrogen-bond donors (Lipinski definition) is 2. The third-order valence-corrected chi connectivity index (χ3v) is 3.80. The fourth-order valence-electron chi connectivity index (χ4n) is 2.47. The van der Waals surface area contributed by atoms with Gasteiger partial charge in [0.15, 0.2) is 0 Å². The van der Waals surface area contributed by atoms with Gasteiger partial charge in [-0.15, -0.1) is 0 Å². The van der Waals surface area contributed by atoms with Crippen LogP contribution in [0.15, 0.2) is 0 Å². The summed E-state index contributed by atoms with van der Waals surface area (Å²) in [7, 11) is 1.88. The van der Waals surface area contributed by atoms with Crippen LogP contribution in [0.1, 0.15) is 46.0 Å². The molecule has 2 atom stereocenters. The van der Waals surface area contributed by atoms with Gasteiger partial charge in [0.05, 0.1) is 19.1 Å². The molecule has 0 aromatic heterocycles. The maximum Gasteiger partial charge on any atom is 0.227 e. The van der Waals surface area contributed by atoms with Crippen LogP contribution >= 0.6 is 0 Å². The van der Waals surface area contributed by atoms with Gasteiger partial charge in [0.25, 0.3) is 0 Å². The Hall–Kier alpha value is -0.610. The van der Waals surface area contributed by atoms with E-state index in [1.165, 1.54) is 25.7 Å². The highest BCUT2D eigenvalue weighted by atomic mass is 16.5. The zero-order chi connectivity index (χ0) is 14.1. The highest BCUT2D eigenvalue weighted by Crippen LogP contribution is 2.13. The molecule has 112 valence electrons. The average molecular weight is 270 g/mol. The van der Waals surface area contributed by atoms with Gasteiger partial charge in [0.2, 0.25) is 5.91 Å². The molecule has 1 rings (SSSR count). The summed E-state index contributed by atoms with van der Waals surface area (Å²) in [6.07, 6.45) is 6.20. The third kappa shape index (κ3) is 6.39. The Morgan fingerprint density at radius 3 is 2.63 bits per heavy atom. The van der Waals surface area contributed by atoms with Crippen molar-refractivity contribution in [3.63, 3.8) is 0 Å². The number of likely N-dealkylation sites (N-methyl/N-ethyl adjacent to an activating group) is 1. The van der Waals surface area contributed by atoms with E-state index in [-0.39, 0.29) is 17.9 Å². The van der Waals surface area contributed by atoms with Gasteiger partial charge in [0.1, 0.15) is 0 Å². The van der Waals surface area contributed by atoms with Crippen LogP contribution in [0.25, 0.3) is 0 Å². The maximum atomic E-state index is 12.0. The second-order valence-electron chi connectivity index (χ2n) is 5.93. The monoisotopic (exact) mass is 270 g/mol. The third-order valence-electron chi connectivity index (χ3n) is 3.80. The molecule has 1 saturated heterocycles. The molecule has 0 spiro atoms. The topological polar surface area (TPSA) is 50.4 Å². The molecule has 1 aliphatic heterocycles. The minimum atomic E-state index is -0.0223. The van der Waals surface area contributed by atoms with Gasteiger partial charge in [-0.1, -0.05) is 39.5 Å². The number of hydrogen-bond acceptors (Lipinski definition) is 3. The molecule has 1 amide bonds. The van der Waals surface area contributed by atoms with Crippen molar-refractivity contribution in [1.29, 1.82) is 0 Å². The average Bonchev–Trinajstić information content (AvgIpc) is 2.85. The first kappa shape index (κ1) is 16.4. The Morgan fingerprint density at radius 2 is 1.95 bits per heavy atom. The molecule has 0 aromatic rings. The summed E-state index contributed by atoms with van der Waals surface area (Å²) in [6.45, 7) is 6.52. The molecule has 19 heavy (non-hydrogen) atoms. The SMILES string of the molecule is CNC1COCC1C(=O)NCCCCCCC(C)C. The summed E-state index contributed by atoms with van der Waals surface area (Å²) in [5, 5.41) is 6.17. The van der Waals surface area contributed by atoms with Crippen LogP contribution in [0.4, 0.5) is 0 Å². The molecule has 0 bridgehead atoms. The minimum absolute atomic E-state index is 0.0223. The molecular formula is C15H30N2O2. The van der Waals surface area contributed by atoms with E-state index in [9.17, 15) is 4.79 Å². The zero-order valence-corrected chi connectivity index (χ0v) is 12.7. The predicted octanol–water partition coefficient (Wildman–Crippen LogP) is 1.94. The van der Waals surface area contributed by atoms with Gasteiger partial charge < -0.3 is 15.4 Å². The van der Waals surface area contributed by atoms with E-state index in [1.807, 2.05) is 7.05 Å². The molecule has 0 aliphatic carbocycles. The molecule has 2 N–H and O–H groups in total. The van der Waals surface area contributed by atoms with Crippen LogP contribution in [0, 0.1) is 11.8 Å². The highest BCUT2D eigenvalue weighted by molar-refractivity contribution is 5.79. The second-order valence-corrected chi connectivity index (χ2v) is 5.93. The quantitative estimate of drug-likeness (QED) is 0.630. The van der Waals surface area contributed by atoms with Crippen molar-refractivity contribution in [3.8, 4) is 0 Å². The molecule has 1 fully saturated rings. The van der Waals surface area contributed by atoms with Crippen LogP contribution in [-0.4, -0.2) is 38.8 Å². The number of ether oxygens (including phenoxy) is 1. The van der Waals surface area contributed by atoms with Crippen molar-refractivity contribution in [2.75, 3.05) is 26.8 Å². The Morgan fingerprint density at radius 1 is 1.21 bits per heavy atom. The Labute approximate surface area is 117 Å². The molecule has 1 heterocycles. The summed E-state index contributed by atoms with van der Waals surface area (Å²) in [5.74, 6) is 0.922. The van der Waals surface area contributed by atoms with E-state index < -0.39 is 0 Å². The van der Waals surface area contributed by atoms with Gasteiger partial charge >= 0.3 is 0 Å². The predicted molar refractivity (Wildman–Crippen MR) is 78.1 cm³/mol. The van der Waals surface area contributed by atoms with Crippen LogP contribution in [0.3, 0.4) is 0 Å². The summed E-state index contributed by atoms with van der Waals surface area (Å²) < 4.78 is 5.34. The molecule has 0 radical (unpaired) electrons. The lowest BCUT2D eigenvalue weighted by atomic mass is 10.0. The second kappa shape index (κ2) is 9.32. The van der Waals surface area contributed by atoms with E-state index in [0.717, 1.165) is 18.9 Å². The molecular weight excluding hydrogens is 240 g/mol. The number of nitrogens with one attached hydrogen (secondary N) is 2. The summed E-state index contributed by atoms with van der Waals surface area (Å²) in [4.78, 5) is 12.0. The van der Waals surface area contributed by atoms with Crippen LogP contribution in [0.5, 0.6) is 0 Å². The standard InChI is InChI=1S/C15H30N2O2/c1-12(2)8-6-4-5-7-9-17-15(18)13-10-19-11-14(13)16-3/h12-14,16H,4-11H2,1-3H3,(H,17,18). The summed E-state index contributed by atoms with van der Waals surface area (Å²) >= 11 is 0. The number of unbranched alkanes of at least 4 members (excludes halogenated alkanes) is 3. The number of rotatable bonds is 9. The smallest absolute Gasteiger partial charge is 0.227 e. The van der Waals surface area contributed by atoms with E-state index in [2.05, 4.69) is 24.5 Å². The Bertz CT molecular complexity index is 257. The number of amides is 1. The molecule has 0 aromatic carbocycles. The highest BCUT2D eigenvalue weighted by Gasteiger charge is 2.32. The summed E-state index contributed by atoms with van der Waals surface area (Å²) in [6, 6.07) is 0.172. The van der Waals surface area contributed by atoms with Crippen molar-refractivity contribution in [2.24, 2.45) is 11.8 Å². The first-order valence-electron chi connectivity index (χ1n) is 7.68. The summed E-state index contributed by atoms with van der Waals surface area (Å²) in [5.41, 5.74) is 0. The van der Waals surface area contributed by atoms with Gasteiger partial charge in [-0.25, -0.2) is 0 Å². The molecule has 0 saturated carbocycles. The molecule has 4 nitrogen and oxygen atoms in total. The fraction of sp³-hybridized carbons (Fsp3) is 0.933. The minimum Gasteiger partial charge on any atom is -0.379 e. The molecule has 1 aliphatic rings. The van der Waals surface area contributed by atoms with E-state index in [4.69, 9.17) is 4.74 Å². The van der Waals surface area contributed by atoms with Gasteiger partial charge in [0, 0.05) is 12.6 Å². The Balaban J connectivity index is 2.01. The lowest BCUT2D eigenvalue weighted by Gasteiger charge is -2.16. The van der Waals surface area contributed by atoms with Gasteiger partial charge in [-0.3, -0.25) is 4.79 Å². The van der Waals surface area contributed by atoms with E-state index in [0.29, 0.717) is 13.2 Å². The van der Waals surface area contributed by atoms with E-state index >= 15 is 0 Å². The Kier molecular flexibility index (Phi) is 8.07. The first-order chi connectivity index (χ1) is 9.15. The largest absolute Gasteiger partial charge is 0.379 e. The van der Waals surface area contributed by atoms with Crippen LogP contribution in [0.2, 0.25) is 0 Å². The van der Waals surface area contributed by atoms with Crippen molar-refractivity contribution < 1.29 is 9.53 Å². The van der Waals surface area contributed by atoms with E-state index in [1.54, 1.807) is 0 Å². The van der Waals surface area contributed by atoms with Crippen molar-refractivity contribution in [1.82, 2.24) is 10.6 Å².